The summed E-state index contributed by atoms with van der Waals surface area (Å²) in [6.45, 7) is 5.65. The van der Waals surface area contributed by atoms with Gasteiger partial charge in [-0.1, -0.05) is 11.6 Å². The summed E-state index contributed by atoms with van der Waals surface area (Å²) in [7, 11) is 0. The molecule has 6 nitrogen and oxygen atoms in total. The number of anilines is 1. The maximum atomic E-state index is 12.6. The third-order valence-electron chi connectivity index (χ3n) is 4.69. The van der Waals surface area contributed by atoms with Crippen molar-refractivity contribution in [2.75, 3.05) is 16.8 Å². The fraction of sp³-hybridized carbons (Fsp3) is 0.550. The first-order chi connectivity index (χ1) is 13.3. The van der Waals surface area contributed by atoms with E-state index in [-0.39, 0.29) is 35.4 Å². The number of esters is 1. The van der Waals surface area contributed by atoms with Gasteiger partial charge in [-0.05, 0) is 64.3 Å². The van der Waals surface area contributed by atoms with Crippen LogP contribution in [-0.2, 0) is 19.1 Å². The van der Waals surface area contributed by atoms with Crippen LogP contribution in [0.5, 0.6) is 0 Å². The van der Waals surface area contributed by atoms with Crippen molar-refractivity contribution < 1.29 is 19.1 Å². The Morgan fingerprint density at radius 1 is 1.18 bits per heavy atom. The molecule has 154 valence electrons. The summed E-state index contributed by atoms with van der Waals surface area (Å²) >= 11 is 6.95. The molecule has 1 aliphatic rings. The molecule has 3 atom stereocenters. The van der Waals surface area contributed by atoms with Gasteiger partial charge in [-0.3, -0.25) is 14.4 Å². The Morgan fingerprint density at radius 2 is 1.79 bits per heavy atom. The Kier molecular flexibility index (Phi) is 8.63. The van der Waals surface area contributed by atoms with Crippen molar-refractivity contribution in [1.29, 1.82) is 0 Å². The van der Waals surface area contributed by atoms with Crippen molar-refractivity contribution in [1.82, 2.24) is 4.90 Å². The van der Waals surface area contributed by atoms with E-state index in [9.17, 15) is 14.4 Å². The second kappa shape index (κ2) is 10.7. The van der Waals surface area contributed by atoms with E-state index >= 15 is 0 Å². The minimum atomic E-state index is -0.820. The van der Waals surface area contributed by atoms with Gasteiger partial charge in [0.05, 0.1) is 11.5 Å². The zero-order chi connectivity index (χ0) is 20.7. The van der Waals surface area contributed by atoms with E-state index in [1.54, 1.807) is 31.2 Å². The molecule has 0 bridgehead atoms. The Labute approximate surface area is 175 Å². The number of carbonyl (C=O) groups excluding carboxylic acids is 3. The highest BCUT2D eigenvalue weighted by molar-refractivity contribution is 8.00. The number of likely N-dealkylation sites (tertiary alicyclic amines) is 1. The molecule has 0 spiro atoms. The molecule has 1 N–H and O–H groups in total. The maximum absolute atomic E-state index is 12.6. The Morgan fingerprint density at radius 3 is 2.39 bits per heavy atom. The number of ether oxygens (including phenoxy) is 1. The zero-order valence-electron chi connectivity index (χ0n) is 16.4. The van der Waals surface area contributed by atoms with Gasteiger partial charge in [-0.25, -0.2) is 0 Å². The second-order valence-electron chi connectivity index (χ2n) is 7.05. The molecular formula is C20H27ClN2O4S. The van der Waals surface area contributed by atoms with Crippen molar-refractivity contribution in [3.63, 3.8) is 0 Å². The standard InChI is InChI=1S/C20H27ClN2O4S/c1-13-5-4-6-14(2)23(13)20(26)15(3)27-19(25)12-28-11-18(24)22-17-9-7-16(21)8-10-17/h7-10,13-15H,4-6,11-12H2,1-3H3,(H,22,24)/t13-,14+,15-/m1/s1. The second-order valence-corrected chi connectivity index (χ2v) is 8.48. The quantitative estimate of drug-likeness (QED) is 0.672. The van der Waals surface area contributed by atoms with E-state index in [2.05, 4.69) is 5.32 Å². The monoisotopic (exact) mass is 426 g/mol. The average Bonchev–Trinajstić information content (AvgIpc) is 2.63. The van der Waals surface area contributed by atoms with Crippen LogP contribution in [0.4, 0.5) is 5.69 Å². The van der Waals surface area contributed by atoms with Crippen LogP contribution in [-0.4, -0.2) is 52.4 Å². The van der Waals surface area contributed by atoms with Crippen molar-refractivity contribution in [3.8, 4) is 0 Å². The Bertz CT molecular complexity index is 688. The van der Waals surface area contributed by atoms with E-state index in [4.69, 9.17) is 16.3 Å². The van der Waals surface area contributed by atoms with Crippen molar-refractivity contribution in [2.24, 2.45) is 0 Å². The first kappa shape index (κ1) is 22.6. The summed E-state index contributed by atoms with van der Waals surface area (Å²) in [6, 6.07) is 7.09. The Balaban J connectivity index is 1.71. The number of hydrogen-bond donors (Lipinski definition) is 1. The molecule has 0 aromatic heterocycles. The van der Waals surface area contributed by atoms with E-state index in [0.717, 1.165) is 31.0 Å². The number of nitrogens with zero attached hydrogens (tertiary/aromatic N) is 1. The van der Waals surface area contributed by atoms with Gasteiger partial charge >= 0.3 is 5.97 Å². The normalized spacial score (nSPS) is 20.4. The molecule has 1 aliphatic heterocycles. The molecule has 2 rings (SSSR count). The summed E-state index contributed by atoms with van der Waals surface area (Å²) in [5, 5.41) is 3.31. The van der Waals surface area contributed by atoms with Crippen LogP contribution in [0.3, 0.4) is 0 Å². The van der Waals surface area contributed by atoms with Crippen LogP contribution in [0, 0.1) is 0 Å². The predicted molar refractivity (Wildman–Crippen MR) is 113 cm³/mol. The van der Waals surface area contributed by atoms with Gasteiger partial charge in [0.1, 0.15) is 0 Å². The van der Waals surface area contributed by atoms with Gasteiger partial charge in [0, 0.05) is 22.8 Å². The molecule has 28 heavy (non-hydrogen) atoms. The van der Waals surface area contributed by atoms with Gasteiger partial charge < -0.3 is 15.0 Å². The molecule has 2 amide bonds. The number of thioether (sulfide) groups is 1. The maximum Gasteiger partial charge on any atom is 0.316 e. The van der Waals surface area contributed by atoms with Crippen molar-refractivity contribution in [2.45, 2.75) is 58.2 Å². The molecule has 0 aliphatic carbocycles. The molecule has 8 heteroatoms. The number of carbonyl (C=O) groups is 3. The predicted octanol–water partition coefficient (Wildman–Crippen LogP) is 3.73. The van der Waals surface area contributed by atoms with Crippen LogP contribution in [0.2, 0.25) is 5.02 Å². The third-order valence-corrected chi connectivity index (χ3v) is 5.84. The fourth-order valence-corrected chi connectivity index (χ4v) is 4.02. The number of amides is 2. The number of halogens is 1. The van der Waals surface area contributed by atoms with E-state index < -0.39 is 12.1 Å². The minimum absolute atomic E-state index is 0.0107. The van der Waals surface area contributed by atoms with E-state index in [1.807, 2.05) is 18.7 Å². The molecule has 1 fully saturated rings. The number of benzene rings is 1. The molecule has 0 saturated carbocycles. The molecular weight excluding hydrogens is 400 g/mol. The van der Waals surface area contributed by atoms with E-state index in [0.29, 0.717) is 10.7 Å². The van der Waals surface area contributed by atoms with Crippen LogP contribution < -0.4 is 5.32 Å². The average molecular weight is 427 g/mol. The van der Waals surface area contributed by atoms with Crippen LogP contribution >= 0.6 is 23.4 Å². The summed E-state index contributed by atoms with van der Waals surface area (Å²) < 4.78 is 5.28. The van der Waals surface area contributed by atoms with Gasteiger partial charge in [0.15, 0.2) is 6.10 Å². The minimum Gasteiger partial charge on any atom is -0.452 e. The number of rotatable bonds is 7. The summed E-state index contributed by atoms with van der Waals surface area (Å²) in [6.07, 6.45) is 2.22. The molecule has 1 heterocycles. The van der Waals surface area contributed by atoms with Crippen LogP contribution in [0.25, 0.3) is 0 Å². The lowest BCUT2D eigenvalue weighted by Crippen LogP contribution is -2.51. The zero-order valence-corrected chi connectivity index (χ0v) is 18.0. The topological polar surface area (TPSA) is 75.7 Å². The van der Waals surface area contributed by atoms with Gasteiger partial charge in [0.25, 0.3) is 5.91 Å². The summed E-state index contributed by atoms with van der Waals surface area (Å²) in [4.78, 5) is 38.4. The number of piperidine rings is 1. The molecule has 1 aromatic rings. The summed E-state index contributed by atoms with van der Waals surface area (Å²) in [5.41, 5.74) is 0.640. The van der Waals surface area contributed by atoms with Crippen LogP contribution in [0.15, 0.2) is 24.3 Å². The molecule has 0 unspecified atom stereocenters. The smallest absolute Gasteiger partial charge is 0.316 e. The highest BCUT2D eigenvalue weighted by Gasteiger charge is 2.33. The molecule has 1 saturated heterocycles. The van der Waals surface area contributed by atoms with Crippen molar-refractivity contribution >= 4 is 46.8 Å². The third kappa shape index (κ3) is 6.71. The lowest BCUT2D eigenvalue weighted by Gasteiger charge is -2.40. The fourth-order valence-electron chi connectivity index (χ4n) is 3.30. The van der Waals surface area contributed by atoms with E-state index in [1.165, 1.54) is 0 Å². The van der Waals surface area contributed by atoms with Gasteiger partial charge in [0.2, 0.25) is 5.91 Å². The lowest BCUT2D eigenvalue weighted by atomic mass is 9.97. The first-order valence-electron chi connectivity index (χ1n) is 9.42. The first-order valence-corrected chi connectivity index (χ1v) is 11.0. The lowest BCUT2D eigenvalue weighted by molar-refractivity contribution is -0.160. The van der Waals surface area contributed by atoms with Gasteiger partial charge in [-0.15, -0.1) is 11.8 Å². The highest BCUT2D eigenvalue weighted by Crippen LogP contribution is 2.23. The largest absolute Gasteiger partial charge is 0.452 e. The van der Waals surface area contributed by atoms with Crippen molar-refractivity contribution in [3.05, 3.63) is 29.3 Å². The number of nitrogens with one attached hydrogen (secondary N) is 1. The van der Waals surface area contributed by atoms with Crippen LogP contribution in [0.1, 0.15) is 40.0 Å². The number of hydrogen-bond acceptors (Lipinski definition) is 5. The SMILES string of the molecule is C[C@@H]1CCC[C@H](C)N1C(=O)[C@@H](C)OC(=O)CSCC(=O)Nc1ccc(Cl)cc1. The summed E-state index contributed by atoms with van der Waals surface area (Å²) in [5.74, 6) is -0.752. The Hall–Kier alpha value is -1.73. The molecule has 1 aromatic carbocycles. The van der Waals surface area contributed by atoms with Gasteiger partial charge in [-0.2, -0.15) is 0 Å². The molecule has 0 radical (unpaired) electrons. The highest BCUT2D eigenvalue weighted by atomic mass is 35.5.